The maximum atomic E-state index is 12.1. The van der Waals surface area contributed by atoms with Crippen molar-refractivity contribution in [1.82, 2.24) is 4.90 Å². The minimum atomic E-state index is -3.08. The van der Waals surface area contributed by atoms with Crippen LogP contribution in [0.2, 0.25) is 0 Å². The van der Waals surface area contributed by atoms with Crippen molar-refractivity contribution in [2.24, 2.45) is 5.92 Å². The highest BCUT2D eigenvalue weighted by Gasteiger charge is 2.35. The Balaban J connectivity index is 2.47. The molecule has 1 saturated heterocycles. The van der Waals surface area contributed by atoms with Gasteiger partial charge in [-0.25, -0.2) is 0 Å². The van der Waals surface area contributed by atoms with Crippen LogP contribution in [-0.4, -0.2) is 54.0 Å². The Morgan fingerprint density at radius 1 is 1.31 bits per heavy atom. The molecule has 0 saturated carbocycles. The van der Waals surface area contributed by atoms with Crippen LogP contribution in [0.25, 0.3) is 0 Å². The summed E-state index contributed by atoms with van der Waals surface area (Å²) in [6, 6.07) is 0. The van der Waals surface area contributed by atoms with Crippen LogP contribution < -0.4 is 0 Å². The molecule has 96 valence electrons. The van der Waals surface area contributed by atoms with Crippen molar-refractivity contribution in [3.8, 4) is 0 Å². The molecule has 0 unspecified atom stereocenters. The molecule has 6 nitrogen and oxygen atoms in total. The predicted molar refractivity (Wildman–Crippen MR) is 59.0 cm³/mol. The Bertz CT molecular complexity index is 244. The third kappa shape index (κ3) is 3.80. The molecular formula is C9H20NO5P. The predicted octanol–water partition coefficient (Wildman–Crippen LogP) is 0.453. The number of rotatable bonds is 5. The van der Waals surface area contributed by atoms with E-state index in [0.29, 0.717) is 0 Å². The molecule has 1 aliphatic rings. The second-order valence-corrected chi connectivity index (χ2v) is 5.84. The highest BCUT2D eigenvalue weighted by Crippen LogP contribution is 2.51. The molecule has 16 heavy (non-hydrogen) atoms. The first kappa shape index (κ1) is 14.1. The van der Waals surface area contributed by atoms with Gasteiger partial charge in [0.25, 0.3) is 0 Å². The number of aliphatic hydroxyl groups excluding tert-OH is 1. The molecule has 1 heterocycles. The van der Waals surface area contributed by atoms with E-state index in [1.54, 1.807) is 0 Å². The molecule has 0 aromatic rings. The zero-order chi connectivity index (χ0) is 12.2. The fraction of sp³-hybridized carbons (Fsp3) is 1.00. The molecule has 1 rings (SSSR count). The quantitative estimate of drug-likeness (QED) is 0.547. The lowest BCUT2D eigenvalue weighted by molar-refractivity contribution is -0.116. The molecule has 0 spiro atoms. The molecule has 0 aromatic carbocycles. The van der Waals surface area contributed by atoms with Gasteiger partial charge >= 0.3 is 7.60 Å². The molecule has 1 fully saturated rings. The second-order valence-electron chi connectivity index (χ2n) is 3.82. The number of nitrogens with zero attached hydrogens (tertiary/aromatic N) is 1. The minimum absolute atomic E-state index is 0.0657. The van der Waals surface area contributed by atoms with Gasteiger partial charge in [-0.15, -0.1) is 0 Å². The van der Waals surface area contributed by atoms with Gasteiger partial charge in [0.2, 0.25) is 0 Å². The van der Waals surface area contributed by atoms with Crippen LogP contribution in [-0.2, 0) is 13.6 Å². The third-order valence-corrected chi connectivity index (χ3v) is 4.49. The van der Waals surface area contributed by atoms with Crippen molar-refractivity contribution in [3.05, 3.63) is 0 Å². The molecule has 2 N–H and O–H groups in total. The van der Waals surface area contributed by atoms with E-state index in [1.165, 1.54) is 0 Å². The minimum Gasteiger partial charge on any atom is -0.368 e. The summed E-state index contributed by atoms with van der Waals surface area (Å²) in [6.07, 6.45) is -1.23. The molecule has 1 aliphatic heterocycles. The van der Waals surface area contributed by atoms with Crippen molar-refractivity contribution in [1.29, 1.82) is 0 Å². The van der Waals surface area contributed by atoms with Crippen LogP contribution in [0.15, 0.2) is 0 Å². The maximum absolute atomic E-state index is 12.1. The van der Waals surface area contributed by atoms with Crippen LogP contribution in [0.1, 0.15) is 13.8 Å². The largest absolute Gasteiger partial charge is 0.368 e. The summed E-state index contributed by atoms with van der Waals surface area (Å²) in [4.78, 5) is 1.95. The van der Waals surface area contributed by atoms with Crippen LogP contribution in [0, 0.1) is 5.92 Å². The van der Waals surface area contributed by atoms with Crippen molar-refractivity contribution >= 4 is 7.60 Å². The highest BCUT2D eigenvalue weighted by molar-refractivity contribution is 7.53. The van der Waals surface area contributed by atoms with Gasteiger partial charge in [0.1, 0.15) is 6.29 Å². The molecule has 0 aliphatic carbocycles. The average Bonchev–Trinajstić information content (AvgIpc) is 2.26. The normalized spacial score (nSPS) is 31.2. The smallest absolute Gasteiger partial charge is 0.344 e. The summed E-state index contributed by atoms with van der Waals surface area (Å²) in [5, 5.41) is 17.8. The zero-order valence-electron chi connectivity index (χ0n) is 9.70. The summed E-state index contributed by atoms with van der Waals surface area (Å²) in [7, 11) is -3.08. The van der Waals surface area contributed by atoms with E-state index in [2.05, 4.69) is 0 Å². The van der Waals surface area contributed by atoms with Gasteiger partial charge in [0.15, 0.2) is 6.29 Å². The van der Waals surface area contributed by atoms with Crippen molar-refractivity contribution in [2.45, 2.75) is 20.1 Å². The van der Waals surface area contributed by atoms with E-state index < -0.39 is 19.8 Å². The fourth-order valence-electron chi connectivity index (χ4n) is 1.43. The van der Waals surface area contributed by atoms with E-state index >= 15 is 0 Å². The SMILES string of the molecule is CCN(CC)CP1(=O)OCC(C(O)O)CO1. The summed E-state index contributed by atoms with van der Waals surface area (Å²) in [6.45, 7) is 5.63. The van der Waals surface area contributed by atoms with Gasteiger partial charge in [-0.2, -0.15) is 0 Å². The van der Waals surface area contributed by atoms with Crippen LogP contribution >= 0.6 is 7.60 Å². The lowest BCUT2D eigenvalue weighted by atomic mass is 10.2. The van der Waals surface area contributed by atoms with Gasteiger partial charge in [-0.05, 0) is 13.1 Å². The summed E-state index contributed by atoms with van der Waals surface area (Å²) < 4.78 is 22.4. The average molecular weight is 253 g/mol. The number of aliphatic hydroxyl groups is 2. The van der Waals surface area contributed by atoms with Gasteiger partial charge < -0.3 is 19.3 Å². The lowest BCUT2D eigenvalue weighted by Gasteiger charge is -2.32. The Hall–Kier alpha value is 0.0300. The van der Waals surface area contributed by atoms with Gasteiger partial charge in [0.05, 0.1) is 19.1 Å². The monoisotopic (exact) mass is 253 g/mol. The van der Waals surface area contributed by atoms with Crippen LogP contribution in [0.3, 0.4) is 0 Å². The Kier molecular flexibility index (Phi) is 5.37. The topological polar surface area (TPSA) is 79.2 Å². The zero-order valence-corrected chi connectivity index (χ0v) is 10.6. The summed E-state index contributed by atoms with van der Waals surface area (Å²) in [5.41, 5.74) is 0. The van der Waals surface area contributed by atoms with E-state index in [0.717, 1.165) is 13.1 Å². The molecule has 0 amide bonds. The van der Waals surface area contributed by atoms with Gasteiger partial charge in [-0.3, -0.25) is 9.46 Å². The van der Waals surface area contributed by atoms with Gasteiger partial charge in [-0.1, -0.05) is 13.8 Å². The number of hydrogen-bond acceptors (Lipinski definition) is 6. The molecule has 7 heteroatoms. The molecular weight excluding hydrogens is 233 g/mol. The first-order valence-electron chi connectivity index (χ1n) is 5.47. The van der Waals surface area contributed by atoms with Crippen LogP contribution in [0.4, 0.5) is 0 Å². The lowest BCUT2D eigenvalue weighted by Crippen LogP contribution is -2.34. The molecule has 0 radical (unpaired) electrons. The summed E-state index contributed by atoms with van der Waals surface area (Å²) in [5.74, 6) is -0.515. The second kappa shape index (κ2) is 6.10. The first-order chi connectivity index (χ1) is 7.50. The first-order valence-corrected chi connectivity index (χ1v) is 7.20. The Morgan fingerprint density at radius 3 is 2.19 bits per heavy atom. The van der Waals surface area contributed by atoms with E-state index in [9.17, 15) is 4.57 Å². The van der Waals surface area contributed by atoms with Crippen molar-refractivity contribution in [3.63, 3.8) is 0 Å². The van der Waals surface area contributed by atoms with E-state index in [-0.39, 0.29) is 19.5 Å². The molecule has 0 aromatic heterocycles. The Labute approximate surface area is 95.7 Å². The highest BCUT2D eigenvalue weighted by atomic mass is 31.2. The fourth-order valence-corrected chi connectivity index (χ4v) is 3.39. The summed E-state index contributed by atoms with van der Waals surface area (Å²) >= 11 is 0. The maximum Gasteiger partial charge on any atom is 0.344 e. The molecule has 0 atom stereocenters. The number of hydrogen-bond donors (Lipinski definition) is 2. The van der Waals surface area contributed by atoms with E-state index in [1.807, 2.05) is 18.7 Å². The third-order valence-electron chi connectivity index (χ3n) is 2.66. The standard InChI is InChI=1S/C9H20NO5P/c1-3-10(4-2)7-16(13)14-5-8(6-15-16)9(11)12/h8-9,11-12H,3-7H2,1-2H3. The van der Waals surface area contributed by atoms with Crippen LogP contribution in [0.5, 0.6) is 0 Å². The Morgan fingerprint density at radius 2 is 1.81 bits per heavy atom. The van der Waals surface area contributed by atoms with Crippen molar-refractivity contribution in [2.75, 3.05) is 32.6 Å². The van der Waals surface area contributed by atoms with Gasteiger partial charge in [0, 0.05) is 0 Å². The van der Waals surface area contributed by atoms with E-state index in [4.69, 9.17) is 19.3 Å². The van der Waals surface area contributed by atoms with Crippen molar-refractivity contribution < 1.29 is 23.8 Å². The molecule has 0 bridgehead atoms.